The van der Waals surface area contributed by atoms with Crippen molar-refractivity contribution in [2.24, 2.45) is 7.05 Å². The molecular weight excluding hydrogens is 358 g/mol. The lowest BCUT2D eigenvalue weighted by atomic mass is 10.0. The molecule has 2 heterocycles. The SMILES string of the molecule is CC(C)c1ccnc(C(=O)Nc2cccc([C@H](C)Sc3nncn3C)c2)c1. The molecule has 0 saturated carbocycles. The van der Waals surface area contributed by atoms with E-state index in [4.69, 9.17) is 0 Å². The van der Waals surface area contributed by atoms with Gasteiger partial charge in [0.25, 0.3) is 5.91 Å². The number of rotatable bonds is 6. The minimum absolute atomic E-state index is 0.173. The van der Waals surface area contributed by atoms with Crippen LogP contribution in [0.1, 0.15) is 53.6 Å². The van der Waals surface area contributed by atoms with Crippen LogP contribution in [0.15, 0.2) is 54.1 Å². The normalized spacial score (nSPS) is 12.2. The van der Waals surface area contributed by atoms with E-state index in [-0.39, 0.29) is 11.2 Å². The maximum atomic E-state index is 12.6. The molecule has 3 rings (SSSR count). The summed E-state index contributed by atoms with van der Waals surface area (Å²) in [5, 5.41) is 12.0. The van der Waals surface area contributed by atoms with Gasteiger partial charge in [0.15, 0.2) is 5.16 Å². The summed E-state index contributed by atoms with van der Waals surface area (Å²) in [6, 6.07) is 11.6. The Morgan fingerprint density at radius 2 is 1.96 bits per heavy atom. The van der Waals surface area contributed by atoms with Gasteiger partial charge in [-0.05, 0) is 48.2 Å². The zero-order valence-corrected chi connectivity index (χ0v) is 16.7. The van der Waals surface area contributed by atoms with Gasteiger partial charge in [0.05, 0.1) is 0 Å². The van der Waals surface area contributed by atoms with Crippen molar-refractivity contribution in [1.82, 2.24) is 19.7 Å². The maximum Gasteiger partial charge on any atom is 0.274 e. The lowest BCUT2D eigenvalue weighted by Gasteiger charge is -2.13. The van der Waals surface area contributed by atoms with Crippen LogP contribution in [0.3, 0.4) is 0 Å². The van der Waals surface area contributed by atoms with E-state index in [2.05, 4.69) is 41.3 Å². The summed E-state index contributed by atoms with van der Waals surface area (Å²) in [5.41, 5.74) is 3.37. The van der Waals surface area contributed by atoms with Gasteiger partial charge in [-0.2, -0.15) is 0 Å². The molecule has 0 aliphatic rings. The summed E-state index contributed by atoms with van der Waals surface area (Å²) >= 11 is 1.62. The summed E-state index contributed by atoms with van der Waals surface area (Å²) in [6.45, 7) is 6.29. The maximum absolute atomic E-state index is 12.6. The third-order valence-electron chi connectivity index (χ3n) is 4.25. The van der Waals surface area contributed by atoms with Crippen molar-refractivity contribution >= 4 is 23.4 Å². The fourth-order valence-corrected chi connectivity index (χ4v) is 3.51. The highest BCUT2D eigenvalue weighted by Gasteiger charge is 2.14. The van der Waals surface area contributed by atoms with Gasteiger partial charge in [0, 0.05) is 24.2 Å². The number of hydrogen-bond donors (Lipinski definition) is 1. The van der Waals surface area contributed by atoms with Gasteiger partial charge in [-0.15, -0.1) is 10.2 Å². The number of carbonyl (C=O) groups excluding carboxylic acids is 1. The number of benzene rings is 1. The zero-order chi connectivity index (χ0) is 19.4. The second-order valence-corrected chi connectivity index (χ2v) is 8.00. The Morgan fingerprint density at radius 3 is 2.67 bits per heavy atom. The van der Waals surface area contributed by atoms with Gasteiger partial charge in [-0.3, -0.25) is 9.78 Å². The molecule has 6 nitrogen and oxygen atoms in total. The highest BCUT2D eigenvalue weighted by atomic mass is 32.2. The molecule has 27 heavy (non-hydrogen) atoms. The Balaban J connectivity index is 1.72. The van der Waals surface area contributed by atoms with Crippen molar-refractivity contribution in [1.29, 1.82) is 0 Å². The summed E-state index contributed by atoms with van der Waals surface area (Å²) in [7, 11) is 1.92. The highest BCUT2D eigenvalue weighted by Crippen LogP contribution is 2.34. The van der Waals surface area contributed by atoms with Crippen LogP contribution in [0.4, 0.5) is 5.69 Å². The van der Waals surface area contributed by atoms with E-state index >= 15 is 0 Å². The molecule has 1 aromatic carbocycles. The van der Waals surface area contributed by atoms with Crippen molar-refractivity contribution < 1.29 is 4.79 Å². The summed E-state index contributed by atoms with van der Waals surface area (Å²) in [5.74, 6) is 0.143. The van der Waals surface area contributed by atoms with Crippen molar-refractivity contribution in [3.63, 3.8) is 0 Å². The quantitative estimate of drug-likeness (QED) is 0.639. The molecular formula is C20H23N5OS. The number of carbonyl (C=O) groups is 1. The van der Waals surface area contributed by atoms with Crippen LogP contribution >= 0.6 is 11.8 Å². The molecule has 7 heteroatoms. The first kappa shape index (κ1) is 19.1. The molecule has 0 bridgehead atoms. The number of nitrogens with zero attached hydrogens (tertiary/aromatic N) is 4. The number of nitrogens with one attached hydrogen (secondary N) is 1. The van der Waals surface area contributed by atoms with Crippen LogP contribution in [-0.2, 0) is 7.05 Å². The number of anilines is 1. The zero-order valence-electron chi connectivity index (χ0n) is 15.9. The van der Waals surface area contributed by atoms with E-state index in [1.165, 1.54) is 0 Å². The first-order valence-corrected chi connectivity index (χ1v) is 9.70. The van der Waals surface area contributed by atoms with E-state index in [1.807, 2.05) is 48.0 Å². The average molecular weight is 382 g/mol. The third-order valence-corrected chi connectivity index (χ3v) is 5.46. The largest absolute Gasteiger partial charge is 0.321 e. The average Bonchev–Trinajstić information content (AvgIpc) is 3.06. The molecule has 0 aliphatic heterocycles. The molecule has 1 N–H and O–H groups in total. The lowest BCUT2D eigenvalue weighted by Crippen LogP contribution is -2.14. The number of amides is 1. The van der Waals surface area contributed by atoms with Gasteiger partial charge < -0.3 is 9.88 Å². The molecule has 0 aliphatic carbocycles. The molecule has 0 fully saturated rings. The van der Waals surface area contributed by atoms with Crippen LogP contribution in [0.2, 0.25) is 0 Å². The third kappa shape index (κ3) is 4.74. The van der Waals surface area contributed by atoms with E-state index in [0.717, 1.165) is 22.0 Å². The summed E-state index contributed by atoms with van der Waals surface area (Å²) in [4.78, 5) is 16.8. The Morgan fingerprint density at radius 1 is 1.15 bits per heavy atom. The predicted molar refractivity (Wildman–Crippen MR) is 108 cm³/mol. The van der Waals surface area contributed by atoms with Crippen molar-refractivity contribution in [3.05, 3.63) is 65.7 Å². The van der Waals surface area contributed by atoms with E-state index in [1.54, 1.807) is 24.3 Å². The number of hydrogen-bond acceptors (Lipinski definition) is 5. The van der Waals surface area contributed by atoms with Crippen LogP contribution < -0.4 is 5.32 Å². The fourth-order valence-electron chi connectivity index (χ4n) is 2.60. The molecule has 3 aromatic rings. The molecule has 0 spiro atoms. The lowest BCUT2D eigenvalue weighted by molar-refractivity contribution is 0.102. The Bertz CT molecular complexity index is 937. The summed E-state index contributed by atoms with van der Waals surface area (Å²) < 4.78 is 1.89. The Kier molecular flexibility index (Phi) is 5.91. The van der Waals surface area contributed by atoms with E-state index in [0.29, 0.717) is 11.6 Å². The second kappa shape index (κ2) is 8.35. The first-order valence-electron chi connectivity index (χ1n) is 8.82. The van der Waals surface area contributed by atoms with Crippen LogP contribution in [0, 0.1) is 0 Å². The minimum Gasteiger partial charge on any atom is -0.321 e. The summed E-state index contributed by atoms with van der Waals surface area (Å²) in [6.07, 6.45) is 3.37. The number of pyridine rings is 1. The fraction of sp³-hybridized carbons (Fsp3) is 0.300. The topological polar surface area (TPSA) is 72.7 Å². The van der Waals surface area contributed by atoms with Gasteiger partial charge in [0.2, 0.25) is 0 Å². The van der Waals surface area contributed by atoms with E-state index < -0.39 is 0 Å². The molecule has 1 amide bonds. The van der Waals surface area contributed by atoms with E-state index in [9.17, 15) is 4.79 Å². The van der Waals surface area contributed by atoms with Crippen molar-refractivity contribution in [3.8, 4) is 0 Å². The predicted octanol–water partition coefficient (Wildman–Crippen LogP) is 4.44. The number of aryl methyl sites for hydroxylation is 1. The van der Waals surface area contributed by atoms with Gasteiger partial charge >= 0.3 is 0 Å². The molecule has 140 valence electrons. The molecule has 2 aromatic heterocycles. The molecule has 1 atom stereocenters. The van der Waals surface area contributed by atoms with Crippen LogP contribution in [0.25, 0.3) is 0 Å². The van der Waals surface area contributed by atoms with Crippen LogP contribution in [0.5, 0.6) is 0 Å². The Hall–Kier alpha value is -2.67. The van der Waals surface area contributed by atoms with Crippen molar-refractivity contribution in [2.75, 3.05) is 5.32 Å². The van der Waals surface area contributed by atoms with Crippen LogP contribution in [-0.4, -0.2) is 25.7 Å². The highest BCUT2D eigenvalue weighted by molar-refractivity contribution is 7.99. The first-order chi connectivity index (χ1) is 12.9. The second-order valence-electron chi connectivity index (χ2n) is 6.69. The number of thioether (sulfide) groups is 1. The van der Waals surface area contributed by atoms with Crippen molar-refractivity contribution in [2.45, 2.75) is 37.1 Å². The van der Waals surface area contributed by atoms with Gasteiger partial charge in [-0.1, -0.05) is 37.7 Å². The monoisotopic (exact) mass is 381 g/mol. The molecule has 0 unspecified atom stereocenters. The smallest absolute Gasteiger partial charge is 0.274 e. The Labute approximate surface area is 163 Å². The number of aromatic nitrogens is 4. The standard InChI is InChI=1S/C20H23N5OS/c1-13(2)15-8-9-21-18(11-15)19(26)23-17-7-5-6-16(10-17)14(3)27-20-24-22-12-25(20)4/h5-14H,1-4H3,(H,23,26)/t14-/m0/s1. The van der Waals surface area contributed by atoms with Gasteiger partial charge in [0.1, 0.15) is 12.0 Å². The molecule has 0 saturated heterocycles. The minimum atomic E-state index is -0.205. The molecule has 0 radical (unpaired) electrons. The van der Waals surface area contributed by atoms with Gasteiger partial charge in [-0.25, -0.2) is 0 Å².